The molecule has 4 bridgehead atoms. The summed E-state index contributed by atoms with van der Waals surface area (Å²) in [5.74, 6) is -5.15. The van der Waals surface area contributed by atoms with Crippen molar-refractivity contribution in [2.24, 2.45) is 10.8 Å². The average molecular weight is 767 g/mol. The van der Waals surface area contributed by atoms with Crippen LogP contribution in [0.25, 0.3) is 17.1 Å². The number of likely N-dealkylation sites (N-methyl/N-ethyl adjacent to an activating group) is 1. The molecule has 0 radical (unpaired) electrons. The maximum Gasteiger partial charge on any atom is 0.397 e. The van der Waals surface area contributed by atoms with Crippen molar-refractivity contribution in [2.75, 3.05) is 49.5 Å². The second kappa shape index (κ2) is 14.5. The lowest BCUT2D eigenvalue weighted by Gasteiger charge is -2.32. The molecule has 19 heteroatoms. The fraction of sp³-hybridized carbons (Fsp3) is 0.441. The van der Waals surface area contributed by atoms with Crippen LogP contribution in [0.4, 0.5) is 33.6 Å². The lowest BCUT2D eigenvalue weighted by molar-refractivity contribution is -0.219. The van der Waals surface area contributed by atoms with Crippen molar-refractivity contribution >= 4 is 27.6 Å². The van der Waals surface area contributed by atoms with Gasteiger partial charge < -0.3 is 19.6 Å². The van der Waals surface area contributed by atoms with Crippen molar-refractivity contribution in [1.29, 1.82) is 0 Å². The van der Waals surface area contributed by atoms with Crippen LogP contribution in [0.2, 0.25) is 0 Å². The van der Waals surface area contributed by atoms with Gasteiger partial charge in [-0.05, 0) is 59.8 Å². The van der Waals surface area contributed by atoms with Gasteiger partial charge in [-0.15, -0.1) is 5.10 Å². The zero-order valence-electron chi connectivity index (χ0n) is 29.5. The number of hydrogen-bond acceptors (Lipinski definition) is 10. The number of ether oxygens (including phenoxy) is 1. The second-order valence-corrected chi connectivity index (χ2v) is 15.7. The van der Waals surface area contributed by atoms with Crippen LogP contribution in [0.15, 0.2) is 66.0 Å². The number of anilines is 2. The Morgan fingerprint density at radius 3 is 2.43 bits per heavy atom. The Labute approximate surface area is 302 Å². The number of aliphatic carboxylic acids is 1. The van der Waals surface area contributed by atoms with Crippen LogP contribution in [0, 0.1) is 10.8 Å². The summed E-state index contributed by atoms with van der Waals surface area (Å²) >= 11 is 0. The highest BCUT2D eigenvalue weighted by molar-refractivity contribution is 7.92. The van der Waals surface area contributed by atoms with Gasteiger partial charge in [0.1, 0.15) is 18.1 Å². The molecule has 0 unspecified atom stereocenters. The Hall–Kier alpha value is -4.91. The number of hydrogen-bond donors (Lipinski definition) is 2. The molecule has 0 atom stereocenters. The third-order valence-electron chi connectivity index (χ3n) is 8.61. The Morgan fingerprint density at radius 1 is 1.02 bits per heavy atom. The van der Waals surface area contributed by atoms with Gasteiger partial charge in [-0.2, -0.15) is 30.4 Å². The van der Waals surface area contributed by atoms with Crippen molar-refractivity contribution < 1.29 is 45.0 Å². The van der Waals surface area contributed by atoms with Crippen molar-refractivity contribution in [1.82, 2.24) is 29.6 Å². The third-order valence-corrected chi connectivity index (χ3v) is 9.86. The minimum atomic E-state index is -4.56. The molecule has 0 amide bonds. The number of halogens is 5. The quantitative estimate of drug-likeness (QED) is 0.218. The summed E-state index contributed by atoms with van der Waals surface area (Å²) in [5.41, 5.74) is -4.27. The summed E-state index contributed by atoms with van der Waals surface area (Å²) in [4.78, 5) is 28.1. The molecule has 13 nitrogen and oxygen atoms in total. The van der Waals surface area contributed by atoms with E-state index in [2.05, 4.69) is 24.8 Å². The molecule has 1 aliphatic heterocycles. The fourth-order valence-corrected chi connectivity index (χ4v) is 6.35. The van der Waals surface area contributed by atoms with Crippen LogP contribution in [0.3, 0.4) is 0 Å². The summed E-state index contributed by atoms with van der Waals surface area (Å²) < 4.78 is 109. The van der Waals surface area contributed by atoms with Crippen molar-refractivity contribution in [2.45, 2.75) is 51.2 Å². The number of carbonyl (C=O) groups is 1. The van der Waals surface area contributed by atoms with Gasteiger partial charge in [-0.1, -0.05) is 30.3 Å². The molecule has 0 saturated carbocycles. The van der Waals surface area contributed by atoms with Crippen LogP contribution in [-0.4, -0.2) is 95.1 Å². The standard InChI is InChI=1S/C34H39F5N8O5S/c1-31(2,30(48)49)19-46-16-9-15-45(5)20-33(35,36)23-11-7-6-10-22(23)28-29(47-17-14-26(43-47)52-21-32(3,4)34(37,38)39)40-18-24(41-28)44-53(50,51)27-13-8-12-25(46)42-27/h6-8,10-14,17-18H,9,15-16,19-21H2,1-5H3,(H,41,44)(H,48,49). The summed E-state index contributed by atoms with van der Waals surface area (Å²) in [7, 11) is -2.97. The molecule has 286 valence electrons. The molecular formula is C34H39F5N8O5S. The number of rotatable bonds is 7. The number of nitrogens with one attached hydrogen (secondary N) is 1. The number of carboxylic acid groups (broad SMARTS) is 1. The smallest absolute Gasteiger partial charge is 0.397 e. The number of alkyl halides is 5. The fourth-order valence-electron chi connectivity index (χ4n) is 5.40. The summed E-state index contributed by atoms with van der Waals surface area (Å²) in [6, 6.07) is 11.0. The zero-order chi connectivity index (χ0) is 39.0. The zero-order valence-corrected chi connectivity index (χ0v) is 30.3. The maximum absolute atomic E-state index is 16.3. The number of nitrogens with zero attached hydrogens (tertiary/aromatic N) is 7. The minimum absolute atomic E-state index is 0.0594. The Kier molecular flexibility index (Phi) is 10.7. The molecule has 1 aliphatic rings. The first-order chi connectivity index (χ1) is 24.6. The van der Waals surface area contributed by atoms with Gasteiger partial charge in [0.15, 0.2) is 16.7 Å². The van der Waals surface area contributed by atoms with Gasteiger partial charge in [0.05, 0.1) is 23.6 Å². The highest BCUT2D eigenvalue weighted by Crippen LogP contribution is 2.39. The van der Waals surface area contributed by atoms with Crippen LogP contribution in [0.1, 0.15) is 39.7 Å². The van der Waals surface area contributed by atoms with E-state index in [4.69, 9.17) is 4.74 Å². The Balaban J connectivity index is 1.62. The number of pyridine rings is 1. The van der Waals surface area contributed by atoms with Crippen molar-refractivity contribution in [3.8, 4) is 23.0 Å². The number of benzene rings is 1. The van der Waals surface area contributed by atoms with Gasteiger partial charge in [-0.3, -0.25) is 9.52 Å². The van der Waals surface area contributed by atoms with E-state index in [-0.39, 0.29) is 54.2 Å². The molecule has 0 aliphatic carbocycles. The number of fused-ring (bicyclic) bond motifs is 6. The van der Waals surface area contributed by atoms with E-state index in [1.54, 1.807) is 4.90 Å². The molecule has 2 N–H and O–H groups in total. The topological polar surface area (TPSA) is 156 Å². The number of aromatic nitrogens is 5. The van der Waals surface area contributed by atoms with Gasteiger partial charge in [0.25, 0.3) is 15.9 Å². The van der Waals surface area contributed by atoms with E-state index in [9.17, 15) is 31.5 Å². The molecular weight excluding hydrogens is 727 g/mol. The summed E-state index contributed by atoms with van der Waals surface area (Å²) in [6.45, 7) is 3.72. The van der Waals surface area contributed by atoms with E-state index in [0.29, 0.717) is 6.42 Å². The highest BCUT2D eigenvalue weighted by Gasteiger charge is 2.48. The van der Waals surface area contributed by atoms with Gasteiger partial charge >= 0.3 is 12.1 Å². The molecule has 5 rings (SSSR count). The third kappa shape index (κ3) is 8.84. The van der Waals surface area contributed by atoms with Gasteiger partial charge in [0, 0.05) is 36.5 Å². The van der Waals surface area contributed by atoms with E-state index in [1.807, 2.05) is 0 Å². The second-order valence-electron chi connectivity index (χ2n) is 14.1. The van der Waals surface area contributed by atoms with Crippen LogP contribution < -0.4 is 14.4 Å². The van der Waals surface area contributed by atoms with Crippen molar-refractivity contribution in [3.63, 3.8) is 0 Å². The minimum Gasteiger partial charge on any atom is -0.481 e. The Morgan fingerprint density at radius 2 is 1.74 bits per heavy atom. The van der Waals surface area contributed by atoms with Crippen LogP contribution >= 0.6 is 0 Å². The largest absolute Gasteiger partial charge is 0.481 e. The monoisotopic (exact) mass is 766 g/mol. The van der Waals surface area contributed by atoms with E-state index in [0.717, 1.165) is 24.7 Å². The van der Waals surface area contributed by atoms with E-state index < -0.39 is 62.7 Å². The first-order valence-corrected chi connectivity index (χ1v) is 17.9. The van der Waals surface area contributed by atoms with Gasteiger partial charge in [0.2, 0.25) is 5.88 Å². The average Bonchev–Trinajstić information content (AvgIpc) is 3.54. The van der Waals surface area contributed by atoms with Crippen LogP contribution in [0.5, 0.6) is 5.88 Å². The first kappa shape index (κ1) is 39.3. The number of carboxylic acids is 1. The SMILES string of the molecule is CN1CCCN(CC(C)(C)C(=O)O)c2cccc(n2)S(=O)(=O)Nc2cnc(-n3ccc(OCC(C)(C)C(F)(F)F)n3)c(n2)-c2ccccc2C(F)(F)C1. The van der Waals surface area contributed by atoms with Crippen LogP contribution in [-0.2, 0) is 20.7 Å². The Bertz CT molecular complexity index is 2070. The van der Waals surface area contributed by atoms with Crippen molar-refractivity contribution in [3.05, 3.63) is 66.5 Å². The summed E-state index contributed by atoms with van der Waals surface area (Å²) in [6.07, 6.45) is -1.95. The molecule has 1 aromatic carbocycles. The summed E-state index contributed by atoms with van der Waals surface area (Å²) in [5, 5.41) is 13.5. The van der Waals surface area contributed by atoms with E-state index >= 15 is 8.78 Å². The normalized spacial score (nSPS) is 17.0. The van der Waals surface area contributed by atoms with E-state index in [1.165, 1.54) is 80.5 Å². The number of sulfonamides is 1. The molecule has 4 aromatic rings. The molecule has 0 fully saturated rings. The lowest BCUT2D eigenvalue weighted by Crippen LogP contribution is -2.41. The first-order valence-electron chi connectivity index (χ1n) is 16.4. The predicted molar refractivity (Wildman–Crippen MR) is 185 cm³/mol. The molecule has 53 heavy (non-hydrogen) atoms. The predicted octanol–water partition coefficient (Wildman–Crippen LogP) is 5.84. The molecule has 3 aromatic heterocycles. The molecule has 4 heterocycles. The molecule has 0 spiro atoms. The lowest BCUT2D eigenvalue weighted by atomic mass is 9.93. The highest BCUT2D eigenvalue weighted by atomic mass is 32.2. The molecule has 0 saturated heterocycles. The van der Waals surface area contributed by atoms with Gasteiger partial charge in [-0.25, -0.2) is 19.6 Å². The maximum atomic E-state index is 16.3.